The third kappa shape index (κ3) is 47.5. The highest BCUT2D eigenvalue weighted by Crippen LogP contribution is 2.17. The molecule has 0 rings (SSSR count). The number of ether oxygens (including phenoxy) is 7. The zero-order valence-electron chi connectivity index (χ0n) is 43.2. The Labute approximate surface area is 393 Å². The summed E-state index contributed by atoms with van der Waals surface area (Å²) in [4.78, 5) is 0. The minimum absolute atomic E-state index is 0.0162. The van der Waals surface area contributed by atoms with Gasteiger partial charge in [0, 0.05) is 26.4 Å². The van der Waals surface area contributed by atoms with Gasteiger partial charge in [0.05, 0.1) is 13.2 Å². The van der Waals surface area contributed by atoms with Crippen LogP contribution in [0.5, 0.6) is 0 Å². The number of rotatable bonds is 54. The highest BCUT2D eigenvalue weighted by atomic mass is 16.8. The minimum atomic E-state index is -0.373. The fourth-order valence-corrected chi connectivity index (χ4v) is 8.14. The summed E-state index contributed by atoms with van der Waals surface area (Å²) in [5.41, 5.74) is 0. The van der Waals surface area contributed by atoms with E-state index >= 15 is 0 Å². The summed E-state index contributed by atoms with van der Waals surface area (Å²) in [7, 11) is 0. The van der Waals surface area contributed by atoms with E-state index in [2.05, 4.69) is 38.2 Å². The molecule has 0 aliphatic heterocycles. The SMILES string of the molecule is CCCCCCCCCOC(C=CCCCCCCCCCCCC(OCC)OCC)OC(C=CCCCCCCCCCCCC(OCC)OCC)OCCCCCCCCC. The maximum absolute atomic E-state index is 6.60. The van der Waals surface area contributed by atoms with E-state index in [1.165, 1.54) is 193 Å². The number of hydrogen-bond acceptors (Lipinski definition) is 7. The Morgan fingerprint density at radius 3 is 0.857 bits per heavy atom. The molecule has 63 heavy (non-hydrogen) atoms. The molecule has 0 spiro atoms. The molecule has 376 valence electrons. The number of unbranched alkanes of at least 4 members (excludes halogenated alkanes) is 30. The first-order valence-corrected chi connectivity index (χ1v) is 27.8. The maximum Gasteiger partial charge on any atom is 0.180 e. The van der Waals surface area contributed by atoms with E-state index in [0.29, 0.717) is 0 Å². The molecular weight excluding hydrogens is 785 g/mol. The molecule has 0 saturated carbocycles. The van der Waals surface area contributed by atoms with Crippen LogP contribution in [0.25, 0.3) is 0 Å². The van der Waals surface area contributed by atoms with Crippen LogP contribution in [0.15, 0.2) is 24.3 Å². The van der Waals surface area contributed by atoms with Crippen LogP contribution in [-0.4, -0.2) is 64.8 Å². The summed E-state index contributed by atoms with van der Waals surface area (Å²) in [6.45, 7) is 17.1. The van der Waals surface area contributed by atoms with Gasteiger partial charge in [0.15, 0.2) is 25.2 Å². The summed E-state index contributed by atoms with van der Waals surface area (Å²) in [6.07, 6.45) is 53.5. The van der Waals surface area contributed by atoms with Gasteiger partial charge in [-0.15, -0.1) is 0 Å². The van der Waals surface area contributed by atoms with Gasteiger partial charge in [-0.3, -0.25) is 0 Å². The molecule has 2 unspecified atom stereocenters. The van der Waals surface area contributed by atoms with Gasteiger partial charge in [0.2, 0.25) is 0 Å². The molecule has 0 aromatic heterocycles. The molecule has 0 amide bonds. The Kier molecular flexibility index (Phi) is 53.1. The molecule has 0 radical (unpaired) electrons. The van der Waals surface area contributed by atoms with Crippen molar-refractivity contribution >= 4 is 0 Å². The predicted molar refractivity (Wildman–Crippen MR) is 270 cm³/mol. The molecule has 0 N–H and O–H groups in total. The molecule has 0 aliphatic rings. The van der Waals surface area contributed by atoms with Gasteiger partial charge >= 0.3 is 0 Å². The van der Waals surface area contributed by atoms with E-state index in [1.807, 2.05) is 27.7 Å². The van der Waals surface area contributed by atoms with Gasteiger partial charge in [-0.05, 0) is 104 Å². The second kappa shape index (κ2) is 53.8. The monoisotopic (exact) mass is 895 g/mol. The molecule has 7 nitrogen and oxygen atoms in total. The van der Waals surface area contributed by atoms with Crippen molar-refractivity contribution in [2.24, 2.45) is 0 Å². The van der Waals surface area contributed by atoms with E-state index in [1.54, 1.807) is 0 Å². The van der Waals surface area contributed by atoms with Crippen LogP contribution in [0.4, 0.5) is 0 Å². The van der Waals surface area contributed by atoms with Crippen molar-refractivity contribution in [3.63, 3.8) is 0 Å². The molecule has 0 aliphatic carbocycles. The van der Waals surface area contributed by atoms with E-state index in [0.717, 1.165) is 78.2 Å². The van der Waals surface area contributed by atoms with Crippen LogP contribution in [0, 0.1) is 0 Å². The van der Waals surface area contributed by atoms with Crippen molar-refractivity contribution in [3.8, 4) is 0 Å². The average Bonchev–Trinajstić information content (AvgIpc) is 3.28. The van der Waals surface area contributed by atoms with E-state index in [-0.39, 0.29) is 25.2 Å². The largest absolute Gasteiger partial charge is 0.353 e. The summed E-state index contributed by atoms with van der Waals surface area (Å²) in [5.74, 6) is 0. The highest BCUT2D eigenvalue weighted by molar-refractivity contribution is 4.90. The second-order valence-corrected chi connectivity index (χ2v) is 17.9. The van der Waals surface area contributed by atoms with E-state index < -0.39 is 0 Å². The fourth-order valence-electron chi connectivity index (χ4n) is 8.14. The van der Waals surface area contributed by atoms with E-state index in [4.69, 9.17) is 33.2 Å². The Hall–Kier alpha value is -0.800. The van der Waals surface area contributed by atoms with Gasteiger partial charge < -0.3 is 33.2 Å². The van der Waals surface area contributed by atoms with Gasteiger partial charge in [-0.1, -0.05) is 193 Å². The molecule has 7 heteroatoms. The smallest absolute Gasteiger partial charge is 0.180 e. The molecule has 0 aromatic carbocycles. The topological polar surface area (TPSA) is 64.6 Å². The molecule has 0 fully saturated rings. The fraction of sp³-hybridized carbons (Fsp3) is 0.929. The van der Waals surface area contributed by atoms with Crippen LogP contribution >= 0.6 is 0 Å². The first-order valence-electron chi connectivity index (χ1n) is 27.8. The van der Waals surface area contributed by atoms with Crippen LogP contribution in [-0.2, 0) is 33.2 Å². The zero-order valence-corrected chi connectivity index (χ0v) is 43.2. The van der Waals surface area contributed by atoms with Gasteiger partial charge in [-0.2, -0.15) is 0 Å². The van der Waals surface area contributed by atoms with Crippen molar-refractivity contribution in [2.75, 3.05) is 39.6 Å². The summed E-state index contributed by atoms with van der Waals surface area (Å²) in [6, 6.07) is 0. The summed E-state index contributed by atoms with van der Waals surface area (Å²) < 4.78 is 42.2. The Balaban J connectivity index is 4.84. The lowest BCUT2D eigenvalue weighted by molar-refractivity contribution is -0.208. The van der Waals surface area contributed by atoms with Gasteiger partial charge in [-0.25, -0.2) is 0 Å². The van der Waals surface area contributed by atoms with Gasteiger partial charge in [0.1, 0.15) is 0 Å². The van der Waals surface area contributed by atoms with Crippen LogP contribution in [0.2, 0.25) is 0 Å². The standard InChI is InChI=1S/C56H110O7/c1-7-13-15-17-33-39-45-51-61-55(49-43-37-31-27-23-19-21-25-29-35-41-47-53(57-9-3)58-10-4)63-56(62-52-46-40-34-18-16-14-8-2)50-44-38-32-28-24-20-22-26-30-36-42-48-54(59-11-5)60-12-6/h43-44,49-50,53-56H,7-42,45-48,51-52H2,1-6H3. The molecule has 2 atom stereocenters. The Morgan fingerprint density at radius 1 is 0.286 bits per heavy atom. The number of hydrogen-bond donors (Lipinski definition) is 0. The molecule has 0 bridgehead atoms. The molecular formula is C56H110O7. The van der Waals surface area contributed by atoms with Crippen LogP contribution in [0.3, 0.4) is 0 Å². The van der Waals surface area contributed by atoms with Crippen molar-refractivity contribution in [3.05, 3.63) is 24.3 Å². The minimum Gasteiger partial charge on any atom is -0.353 e. The zero-order chi connectivity index (χ0) is 45.8. The Morgan fingerprint density at radius 2 is 0.556 bits per heavy atom. The lowest BCUT2D eigenvalue weighted by Crippen LogP contribution is -2.25. The normalized spacial score (nSPS) is 13.2. The van der Waals surface area contributed by atoms with Crippen molar-refractivity contribution in [2.45, 2.75) is 298 Å². The maximum atomic E-state index is 6.60. The third-order valence-electron chi connectivity index (χ3n) is 11.9. The van der Waals surface area contributed by atoms with Crippen molar-refractivity contribution in [1.29, 1.82) is 0 Å². The number of allylic oxidation sites excluding steroid dienone is 2. The van der Waals surface area contributed by atoms with Gasteiger partial charge in [0.25, 0.3) is 0 Å². The quantitative estimate of drug-likeness (QED) is 0.0342. The van der Waals surface area contributed by atoms with E-state index in [9.17, 15) is 0 Å². The van der Waals surface area contributed by atoms with Crippen molar-refractivity contribution in [1.82, 2.24) is 0 Å². The third-order valence-corrected chi connectivity index (χ3v) is 11.9. The highest BCUT2D eigenvalue weighted by Gasteiger charge is 2.14. The van der Waals surface area contributed by atoms with Crippen molar-refractivity contribution < 1.29 is 33.2 Å². The molecule has 0 saturated heterocycles. The first kappa shape index (κ1) is 62.2. The second-order valence-electron chi connectivity index (χ2n) is 17.9. The lowest BCUT2D eigenvalue weighted by Gasteiger charge is -2.22. The first-order chi connectivity index (χ1) is 31.1. The lowest BCUT2D eigenvalue weighted by atomic mass is 10.1. The van der Waals surface area contributed by atoms with Crippen LogP contribution in [0.1, 0.15) is 273 Å². The predicted octanol–water partition coefficient (Wildman–Crippen LogP) is 17.7. The molecule has 0 aromatic rings. The molecule has 0 heterocycles. The summed E-state index contributed by atoms with van der Waals surface area (Å²) >= 11 is 0. The Bertz CT molecular complexity index is 815. The average molecular weight is 895 g/mol. The van der Waals surface area contributed by atoms with Crippen LogP contribution < -0.4 is 0 Å². The summed E-state index contributed by atoms with van der Waals surface area (Å²) in [5, 5.41) is 0.